The lowest BCUT2D eigenvalue weighted by molar-refractivity contribution is -0.116. The van der Waals surface area contributed by atoms with Gasteiger partial charge in [0.25, 0.3) is 0 Å². The van der Waals surface area contributed by atoms with Gasteiger partial charge >= 0.3 is 0 Å². The molecule has 0 radical (unpaired) electrons. The molecule has 1 heterocycles. The van der Waals surface area contributed by atoms with Crippen LogP contribution < -0.4 is 4.90 Å². The van der Waals surface area contributed by atoms with Gasteiger partial charge in [-0.1, -0.05) is 12.1 Å². The van der Waals surface area contributed by atoms with E-state index in [1.54, 1.807) is 6.92 Å². The van der Waals surface area contributed by atoms with Gasteiger partial charge in [-0.25, -0.2) is 0 Å². The van der Waals surface area contributed by atoms with Crippen molar-refractivity contribution in [2.75, 3.05) is 11.4 Å². The zero-order chi connectivity index (χ0) is 12.0. The maximum absolute atomic E-state index is 11.5. The summed E-state index contributed by atoms with van der Waals surface area (Å²) in [6.07, 6.45) is 3.48. The highest BCUT2D eigenvalue weighted by molar-refractivity contribution is 5.94. The van der Waals surface area contributed by atoms with E-state index in [9.17, 15) is 9.90 Å². The molecule has 1 aliphatic heterocycles. The number of hydrogen-bond acceptors (Lipinski definition) is 2. The van der Waals surface area contributed by atoms with Gasteiger partial charge in [-0.15, -0.1) is 0 Å². The van der Waals surface area contributed by atoms with Crippen LogP contribution in [0, 0.1) is 0 Å². The molecule has 0 aromatic heterocycles. The normalized spacial score (nSPS) is 20.2. The quantitative estimate of drug-likeness (QED) is 0.841. The van der Waals surface area contributed by atoms with Crippen molar-refractivity contribution in [1.82, 2.24) is 0 Å². The first-order valence-corrected chi connectivity index (χ1v) is 6.20. The predicted octanol–water partition coefficient (Wildman–Crippen LogP) is 1.66. The van der Waals surface area contributed by atoms with Gasteiger partial charge in [0.1, 0.15) is 0 Å². The van der Waals surface area contributed by atoms with Crippen LogP contribution in [0.25, 0.3) is 0 Å². The highest BCUT2D eigenvalue weighted by Crippen LogP contribution is 2.41. The van der Waals surface area contributed by atoms with Crippen LogP contribution in [-0.4, -0.2) is 23.2 Å². The molecule has 0 unspecified atom stereocenters. The van der Waals surface area contributed by atoms with E-state index in [2.05, 4.69) is 6.07 Å². The summed E-state index contributed by atoms with van der Waals surface area (Å²) in [6, 6.07) is 6.07. The Bertz CT molecular complexity index is 477. The molecule has 1 aromatic carbocycles. The number of fused-ring (bicyclic) bond motifs is 1. The summed E-state index contributed by atoms with van der Waals surface area (Å²) in [7, 11) is 0. The molecular formula is C14H17NO2. The Morgan fingerprint density at radius 3 is 2.88 bits per heavy atom. The third kappa shape index (κ3) is 1.84. The third-order valence-corrected chi connectivity index (χ3v) is 3.85. The maximum Gasteiger partial charge on any atom is 0.223 e. The van der Waals surface area contributed by atoms with E-state index in [1.807, 2.05) is 17.0 Å². The number of carbonyl (C=O) groups excluding carboxylic acids is 1. The van der Waals surface area contributed by atoms with E-state index < -0.39 is 5.60 Å². The highest BCUT2D eigenvalue weighted by atomic mass is 16.3. The lowest BCUT2D eigenvalue weighted by Crippen LogP contribution is -2.25. The predicted molar refractivity (Wildman–Crippen MR) is 66.1 cm³/mol. The number of amides is 1. The fourth-order valence-corrected chi connectivity index (χ4v) is 2.67. The average molecular weight is 231 g/mol. The highest BCUT2D eigenvalue weighted by Gasteiger charge is 2.41. The van der Waals surface area contributed by atoms with Gasteiger partial charge in [0.05, 0.1) is 5.60 Å². The summed E-state index contributed by atoms with van der Waals surface area (Å²) < 4.78 is 0. The lowest BCUT2D eigenvalue weighted by Gasteiger charge is -2.16. The van der Waals surface area contributed by atoms with Crippen LogP contribution >= 0.6 is 0 Å². The molecule has 0 saturated heterocycles. The van der Waals surface area contributed by atoms with E-state index >= 15 is 0 Å². The number of carbonyl (C=O) groups is 1. The standard InChI is InChI=1S/C14H17NO2/c1-10(16)15-8-5-12-11(3-2-4-13(12)15)9-14(17)6-7-14/h2-4,17H,5-9H2,1H3. The van der Waals surface area contributed by atoms with Crippen LogP contribution in [0.4, 0.5) is 5.69 Å². The van der Waals surface area contributed by atoms with Gasteiger partial charge in [-0.2, -0.15) is 0 Å². The van der Waals surface area contributed by atoms with E-state index in [4.69, 9.17) is 0 Å². The van der Waals surface area contributed by atoms with Crippen molar-refractivity contribution < 1.29 is 9.90 Å². The summed E-state index contributed by atoms with van der Waals surface area (Å²) in [5, 5.41) is 10.0. The Hall–Kier alpha value is -1.35. The van der Waals surface area contributed by atoms with Crippen LogP contribution in [0.2, 0.25) is 0 Å². The summed E-state index contributed by atoms with van der Waals surface area (Å²) >= 11 is 0. The van der Waals surface area contributed by atoms with Crippen LogP contribution in [0.1, 0.15) is 30.9 Å². The van der Waals surface area contributed by atoms with E-state index in [-0.39, 0.29) is 5.91 Å². The molecule has 2 aliphatic rings. The molecule has 1 aromatic rings. The van der Waals surface area contributed by atoms with Crippen LogP contribution in [-0.2, 0) is 17.6 Å². The number of anilines is 1. The zero-order valence-electron chi connectivity index (χ0n) is 10.1. The molecule has 1 amide bonds. The smallest absolute Gasteiger partial charge is 0.223 e. The summed E-state index contributed by atoms with van der Waals surface area (Å²) in [5.74, 6) is 0.103. The van der Waals surface area contributed by atoms with Gasteiger partial charge < -0.3 is 10.0 Å². The zero-order valence-corrected chi connectivity index (χ0v) is 10.1. The topological polar surface area (TPSA) is 40.5 Å². The number of rotatable bonds is 2. The number of aliphatic hydroxyl groups is 1. The summed E-state index contributed by atoms with van der Waals surface area (Å²) in [6.45, 7) is 2.39. The molecule has 0 atom stereocenters. The molecular weight excluding hydrogens is 214 g/mol. The van der Waals surface area contributed by atoms with Crippen LogP contribution in [0.5, 0.6) is 0 Å². The first-order valence-electron chi connectivity index (χ1n) is 6.20. The van der Waals surface area contributed by atoms with Crippen molar-refractivity contribution in [3.63, 3.8) is 0 Å². The monoisotopic (exact) mass is 231 g/mol. The molecule has 3 heteroatoms. The van der Waals surface area contributed by atoms with Gasteiger partial charge in [-0.05, 0) is 36.5 Å². The Morgan fingerprint density at radius 1 is 1.47 bits per heavy atom. The molecule has 3 nitrogen and oxygen atoms in total. The second kappa shape index (κ2) is 3.57. The van der Waals surface area contributed by atoms with Crippen molar-refractivity contribution in [2.45, 2.75) is 38.2 Å². The number of benzene rings is 1. The van der Waals surface area contributed by atoms with E-state index in [1.165, 1.54) is 11.1 Å². The molecule has 0 bridgehead atoms. The fraction of sp³-hybridized carbons (Fsp3) is 0.500. The fourth-order valence-electron chi connectivity index (χ4n) is 2.67. The second-order valence-corrected chi connectivity index (χ2v) is 5.24. The van der Waals surface area contributed by atoms with Crippen molar-refractivity contribution in [3.05, 3.63) is 29.3 Å². The Labute approximate surface area is 101 Å². The SMILES string of the molecule is CC(=O)N1CCc2c(CC3(O)CC3)cccc21. The minimum absolute atomic E-state index is 0.103. The largest absolute Gasteiger partial charge is 0.390 e. The van der Waals surface area contributed by atoms with Crippen molar-refractivity contribution in [1.29, 1.82) is 0 Å². The molecule has 1 aliphatic carbocycles. The maximum atomic E-state index is 11.5. The minimum atomic E-state index is -0.460. The minimum Gasteiger partial charge on any atom is -0.390 e. The first kappa shape index (κ1) is 10.8. The van der Waals surface area contributed by atoms with Crippen LogP contribution in [0.3, 0.4) is 0 Å². The average Bonchev–Trinajstić information content (AvgIpc) is 2.85. The lowest BCUT2D eigenvalue weighted by atomic mass is 9.98. The first-order chi connectivity index (χ1) is 8.09. The van der Waals surface area contributed by atoms with Gasteiger partial charge in [-0.3, -0.25) is 4.79 Å². The number of nitrogens with zero attached hydrogens (tertiary/aromatic N) is 1. The van der Waals surface area contributed by atoms with Crippen molar-refractivity contribution in [3.8, 4) is 0 Å². The molecule has 17 heavy (non-hydrogen) atoms. The van der Waals surface area contributed by atoms with E-state index in [0.29, 0.717) is 0 Å². The van der Waals surface area contributed by atoms with E-state index in [0.717, 1.165) is 37.9 Å². The van der Waals surface area contributed by atoms with Gasteiger partial charge in [0, 0.05) is 25.6 Å². The van der Waals surface area contributed by atoms with Crippen molar-refractivity contribution in [2.24, 2.45) is 0 Å². The van der Waals surface area contributed by atoms with Gasteiger partial charge in [0.2, 0.25) is 5.91 Å². The molecule has 1 N–H and O–H groups in total. The molecule has 90 valence electrons. The molecule has 1 saturated carbocycles. The summed E-state index contributed by atoms with van der Waals surface area (Å²) in [4.78, 5) is 13.3. The molecule has 0 spiro atoms. The third-order valence-electron chi connectivity index (χ3n) is 3.85. The molecule has 1 fully saturated rings. The van der Waals surface area contributed by atoms with Crippen LogP contribution in [0.15, 0.2) is 18.2 Å². The van der Waals surface area contributed by atoms with Gasteiger partial charge in [0.15, 0.2) is 0 Å². The molecule has 3 rings (SSSR count). The number of hydrogen-bond donors (Lipinski definition) is 1. The Kier molecular flexibility index (Phi) is 2.26. The Balaban J connectivity index is 1.94. The van der Waals surface area contributed by atoms with Crippen molar-refractivity contribution >= 4 is 11.6 Å². The second-order valence-electron chi connectivity index (χ2n) is 5.24. The Morgan fingerprint density at radius 2 is 2.24 bits per heavy atom. The summed E-state index contributed by atoms with van der Waals surface area (Å²) in [5.41, 5.74) is 3.05.